The predicted molar refractivity (Wildman–Crippen MR) is 69.8 cm³/mol. The third kappa shape index (κ3) is 3.26. The molecular formula is C13H14F3N3O2. The van der Waals surface area contributed by atoms with Crippen molar-refractivity contribution in [3.8, 4) is 0 Å². The normalized spacial score (nSPS) is 21.5. The number of nitrogens with zero attached hydrogens (tertiary/aromatic N) is 1. The zero-order valence-electron chi connectivity index (χ0n) is 11.4. The van der Waals surface area contributed by atoms with Gasteiger partial charge < -0.3 is 10.1 Å². The summed E-state index contributed by atoms with van der Waals surface area (Å²) in [6, 6.07) is 4.13. The molecule has 1 aliphatic rings. The van der Waals surface area contributed by atoms with E-state index in [-0.39, 0.29) is 17.6 Å². The first-order chi connectivity index (χ1) is 9.82. The van der Waals surface area contributed by atoms with E-state index in [0.29, 0.717) is 0 Å². The predicted octanol–water partition coefficient (Wildman–Crippen LogP) is 2.45. The van der Waals surface area contributed by atoms with E-state index >= 15 is 0 Å². The smallest absolute Gasteiger partial charge is 0.416 e. The van der Waals surface area contributed by atoms with Crippen LogP contribution in [0.3, 0.4) is 0 Å². The molecule has 2 rings (SSSR count). The van der Waals surface area contributed by atoms with Gasteiger partial charge in [0.25, 0.3) is 0 Å². The Balaban J connectivity index is 2.32. The van der Waals surface area contributed by atoms with Crippen LogP contribution >= 0.6 is 0 Å². The second-order valence-electron chi connectivity index (χ2n) is 4.56. The number of nitrogens with one attached hydrogen (secondary N) is 2. The Labute approximate surface area is 119 Å². The molecule has 0 bridgehead atoms. The molecule has 2 unspecified atom stereocenters. The average molecular weight is 301 g/mol. The van der Waals surface area contributed by atoms with E-state index in [1.54, 1.807) is 6.92 Å². The molecule has 21 heavy (non-hydrogen) atoms. The Morgan fingerprint density at radius 1 is 1.38 bits per heavy atom. The van der Waals surface area contributed by atoms with Gasteiger partial charge in [-0.15, -0.1) is 0 Å². The first-order valence-electron chi connectivity index (χ1n) is 6.18. The van der Waals surface area contributed by atoms with Gasteiger partial charge in [0.15, 0.2) is 0 Å². The van der Waals surface area contributed by atoms with Crippen molar-refractivity contribution in [3.63, 3.8) is 0 Å². The number of alkyl carbamates (subject to hydrolysis) is 1. The Morgan fingerprint density at radius 2 is 2.05 bits per heavy atom. The molecular weight excluding hydrogens is 287 g/mol. The highest BCUT2D eigenvalue weighted by molar-refractivity contribution is 5.95. The molecule has 1 aromatic carbocycles. The maximum absolute atomic E-state index is 13.0. The molecule has 0 radical (unpaired) electrons. The highest BCUT2D eigenvalue weighted by Gasteiger charge is 2.38. The monoisotopic (exact) mass is 301 g/mol. The molecule has 0 saturated heterocycles. The number of amides is 1. The van der Waals surface area contributed by atoms with Crippen molar-refractivity contribution in [2.24, 2.45) is 4.99 Å². The van der Waals surface area contributed by atoms with Gasteiger partial charge in [0.2, 0.25) is 5.96 Å². The summed E-state index contributed by atoms with van der Waals surface area (Å²) < 4.78 is 43.5. The number of halogens is 3. The molecule has 5 nitrogen and oxygen atoms in total. The van der Waals surface area contributed by atoms with Crippen LogP contribution in [-0.4, -0.2) is 25.2 Å². The molecule has 0 aromatic heterocycles. The van der Waals surface area contributed by atoms with Crippen molar-refractivity contribution in [2.75, 3.05) is 7.11 Å². The van der Waals surface area contributed by atoms with Gasteiger partial charge in [0.05, 0.1) is 24.8 Å². The van der Waals surface area contributed by atoms with Gasteiger partial charge in [-0.25, -0.2) is 9.79 Å². The van der Waals surface area contributed by atoms with Gasteiger partial charge in [-0.05, 0) is 18.6 Å². The Morgan fingerprint density at radius 3 is 2.67 bits per heavy atom. The summed E-state index contributed by atoms with van der Waals surface area (Å²) >= 11 is 0. The molecule has 0 aliphatic carbocycles. The lowest BCUT2D eigenvalue weighted by Gasteiger charge is -2.18. The van der Waals surface area contributed by atoms with Crippen LogP contribution in [0.25, 0.3) is 0 Å². The summed E-state index contributed by atoms with van der Waals surface area (Å²) in [7, 11) is 1.19. The van der Waals surface area contributed by atoms with E-state index in [0.717, 1.165) is 6.07 Å². The number of hydrogen-bond acceptors (Lipinski definition) is 4. The number of ether oxygens (including phenoxy) is 1. The van der Waals surface area contributed by atoms with Crippen LogP contribution in [0.4, 0.5) is 18.0 Å². The molecule has 0 fully saturated rings. The standard InChI is InChI=1S/C13H14F3N3O2/c1-7-10(18-11(17-7)19-12(20)21-2)8-5-3-4-6-9(8)13(14,15)16/h3-7,10H,1-2H3,(H2,17,18,19,20). The van der Waals surface area contributed by atoms with E-state index < -0.39 is 23.9 Å². The van der Waals surface area contributed by atoms with Gasteiger partial charge >= 0.3 is 12.3 Å². The number of benzene rings is 1. The van der Waals surface area contributed by atoms with Crippen LogP contribution in [0.15, 0.2) is 29.3 Å². The minimum absolute atomic E-state index is 0.0617. The van der Waals surface area contributed by atoms with Crippen molar-refractivity contribution in [1.29, 1.82) is 0 Å². The SMILES string of the molecule is COC(=O)NC1=NC(c2ccccc2C(F)(F)F)C(C)N1. The number of hydrogen-bond donors (Lipinski definition) is 2. The second kappa shape index (κ2) is 5.63. The van der Waals surface area contributed by atoms with Crippen molar-refractivity contribution in [2.45, 2.75) is 25.2 Å². The Kier molecular flexibility index (Phi) is 4.06. The first kappa shape index (κ1) is 15.1. The van der Waals surface area contributed by atoms with Crippen LogP contribution < -0.4 is 10.6 Å². The fraction of sp³-hybridized carbons (Fsp3) is 0.385. The minimum atomic E-state index is -4.45. The quantitative estimate of drug-likeness (QED) is 0.837. The van der Waals surface area contributed by atoms with Crippen LogP contribution in [0.5, 0.6) is 0 Å². The largest absolute Gasteiger partial charge is 0.453 e. The maximum Gasteiger partial charge on any atom is 0.416 e. The van der Waals surface area contributed by atoms with Gasteiger partial charge in [-0.3, -0.25) is 5.32 Å². The number of alkyl halides is 3. The number of rotatable bonds is 1. The van der Waals surface area contributed by atoms with Gasteiger partial charge in [0, 0.05) is 0 Å². The molecule has 8 heteroatoms. The molecule has 0 saturated carbocycles. The topological polar surface area (TPSA) is 62.7 Å². The summed E-state index contributed by atoms with van der Waals surface area (Å²) in [5.41, 5.74) is -0.668. The molecule has 1 aliphatic heterocycles. The van der Waals surface area contributed by atoms with E-state index in [1.165, 1.54) is 25.3 Å². The average Bonchev–Trinajstić information content (AvgIpc) is 2.78. The van der Waals surface area contributed by atoms with E-state index in [1.807, 2.05) is 0 Å². The number of aliphatic imine (C=N–C) groups is 1. The van der Waals surface area contributed by atoms with Crippen molar-refractivity contribution >= 4 is 12.1 Å². The summed E-state index contributed by atoms with van der Waals surface area (Å²) in [4.78, 5) is 15.2. The fourth-order valence-corrected chi connectivity index (χ4v) is 2.15. The minimum Gasteiger partial charge on any atom is -0.453 e. The second-order valence-corrected chi connectivity index (χ2v) is 4.56. The Hall–Kier alpha value is -2.25. The highest BCUT2D eigenvalue weighted by Crippen LogP contribution is 2.37. The van der Waals surface area contributed by atoms with Crippen LogP contribution in [0.1, 0.15) is 24.1 Å². The third-order valence-electron chi connectivity index (χ3n) is 3.10. The zero-order valence-corrected chi connectivity index (χ0v) is 11.4. The lowest BCUT2D eigenvalue weighted by atomic mass is 9.96. The van der Waals surface area contributed by atoms with E-state index in [9.17, 15) is 18.0 Å². The summed E-state index contributed by atoms with van der Waals surface area (Å²) in [6.45, 7) is 1.69. The highest BCUT2D eigenvalue weighted by atomic mass is 19.4. The van der Waals surface area contributed by atoms with Crippen molar-refractivity contribution < 1.29 is 22.7 Å². The fourth-order valence-electron chi connectivity index (χ4n) is 2.15. The third-order valence-corrected chi connectivity index (χ3v) is 3.10. The lowest BCUT2D eigenvalue weighted by Crippen LogP contribution is -2.41. The number of carbonyl (C=O) groups excluding carboxylic acids is 1. The molecule has 2 N–H and O–H groups in total. The van der Waals surface area contributed by atoms with Crippen LogP contribution in [0.2, 0.25) is 0 Å². The van der Waals surface area contributed by atoms with Gasteiger partial charge in [0.1, 0.15) is 0 Å². The molecule has 1 amide bonds. The molecule has 2 atom stereocenters. The van der Waals surface area contributed by atoms with Crippen molar-refractivity contribution in [1.82, 2.24) is 10.6 Å². The van der Waals surface area contributed by atoms with Crippen LogP contribution in [-0.2, 0) is 10.9 Å². The summed E-state index contributed by atoms with van der Waals surface area (Å²) in [5, 5.41) is 5.13. The maximum atomic E-state index is 13.0. The summed E-state index contributed by atoms with van der Waals surface area (Å²) in [6.07, 6.45) is -5.19. The molecule has 1 heterocycles. The molecule has 0 spiro atoms. The number of carbonyl (C=O) groups is 1. The van der Waals surface area contributed by atoms with Crippen LogP contribution in [0, 0.1) is 0 Å². The zero-order chi connectivity index (χ0) is 15.6. The van der Waals surface area contributed by atoms with E-state index in [4.69, 9.17) is 0 Å². The molecule has 1 aromatic rings. The van der Waals surface area contributed by atoms with Gasteiger partial charge in [-0.1, -0.05) is 18.2 Å². The molecule has 114 valence electrons. The van der Waals surface area contributed by atoms with Crippen molar-refractivity contribution in [3.05, 3.63) is 35.4 Å². The number of methoxy groups -OCH3 is 1. The Bertz CT molecular complexity index is 572. The van der Waals surface area contributed by atoms with E-state index in [2.05, 4.69) is 20.4 Å². The summed E-state index contributed by atoms with van der Waals surface area (Å²) in [5.74, 6) is 0.0938. The first-order valence-corrected chi connectivity index (χ1v) is 6.18. The van der Waals surface area contributed by atoms with Gasteiger partial charge in [-0.2, -0.15) is 13.2 Å². The number of guanidine groups is 1. The lowest BCUT2D eigenvalue weighted by molar-refractivity contribution is -0.138.